The Kier molecular flexibility index (Phi) is 7.75. The lowest BCUT2D eigenvalue weighted by Crippen LogP contribution is -2.26. The summed E-state index contributed by atoms with van der Waals surface area (Å²) in [5.41, 5.74) is 6.83. The molecule has 1 rings (SSSR count). The zero-order valence-corrected chi connectivity index (χ0v) is 11.9. The van der Waals surface area contributed by atoms with Gasteiger partial charge in [0.05, 0.1) is 26.4 Å². The summed E-state index contributed by atoms with van der Waals surface area (Å²) in [6, 6.07) is 5.01. The molecular formula is C13H22ClNO3. The lowest BCUT2D eigenvalue weighted by atomic mass is 9.99. The van der Waals surface area contributed by atoms with Crippen LogP contribution in [-0.2, 0) is 0 Å². The van der Waals surface area contributed by atoms with Crippen LogP contribution in [0.3, 0.4) is 0 Å². The van der Waals surface area contributed by atoms with Crippen LogP contribution in [0.1, 0.15) is 31.4 Å². The number of nitrogens with two attached hydrogens (primary N) is 1. The Morgan fingerprint density at radius 1 is 1.17 bits per heavy atom. The van der Waals surface area contributed by atoms with Crippen LogP contribution in [0.5, 0.6) is 11.5 Å². The maximum Gasteiger partial charge on any atom is 0.122 e. The first-order chi connectivity index (χ1) is 8.12. The Bertz CT molecular complexity index is 338. The van der Waals surface area contributed by atoms with E-state index >= 15 is 0 Å². The van der Waals surface area contributed by atoms with Crippen LogP contribution >= 0.6 is 12.4 Å². The Labute approximate surface area is 115 Å². The molecule has 0 radical (unpaired) electrons. The van der Waals surface area contributed by atoms with E-state index in [4.69, 9.17) is 15.2 Å². The number of hydrogen-bond donors (Lipinski definition) is 2. The number of aliphatic hydroxyl groups excluding tert-OH is 1. The fraction of sp³-hybridized carbons (Fsp3) is 0.538. The van der Waals surface area contributed by atoms with Crippen molar-refractivity contribution < 1.29 is 14.6 Å². The van der Waals surface area contributed by atoms with Gasteiger partial charge in [-0.25, -0.2) is 0 Å². The van der Waals surface area contributed by atoms with Crippen LogP contribution in [0, 0.1) is 0 Å². The monoisotopic (exact) mass is 275 g/mol. The number of methoxy groups -OCH3 is 2. The van der Waals surface area contributed by atoms with Crippen LogP contribution in [0.4, 0.5) is 0 Å². The van der Waals surface area contributed by atoms with E-state index in [9.17, 15) is 5.11 Å². The summed E-state index contributed by atoms with van der Waals surface area (Å²) in [5, 5.41) is 9.89. The predicted octanol–water partition coefficient (Wildman–Crippen LogP) is 2.29. The molecule has 0 fully saturated rings. The van der Waals surface area contributed by atoms with Crippen molar-refractivity contribution in [2.75, 3.05) is 14.2 Å². The van der Waals surface area contributed by atoms with Crippen LogP contribution in [0.15, 0.2) is 18.2 Å². The zero-order valence-electron chi connectivity index (χ0n) is 11.1. The standard InChI is InChI=1S/C13H21NO3.ClH/c1-4-5-12(15)13(14)9-6-10(16-2)8-11(7-9)17-3;/h6-8,12-13,15H,4-5,14H2,1-3H3;1H/t12-,13+;/m1./s1. The minimum Gasteiger partial charge on any atom is -0.497 e. The number of rotatable bonds is 6. The molecule has 0 unspecified atom stereocenters. The topological polar surface area (TPSA) is 64.7 Å². The lowest BCUT2D eigenvalue weighted by Gasteiger charge is -2.19. The smallest absolute Gasteiger partial charge is 0.122 e. The molecule has 0 aromatic heterocycles. The van der Waals surface area contributed by atoms with E-state index in [1.165, 1.54) is 0 Å². The third-order valence-corrected chi connectivity index (χ3v) is 2.76. The van der Waals surface area contributed by atoms with E-state index in [0.29, 0.717) is 17.9 Å². The molecule has 0 spiro atoms. The predicted molar refractivity (Wildman–Crippen MR) is 74.6 cm³/mol. The van der Waals surface area contributed by atoms with Gasteiger partial charge in [-0.3, -0.25) is 0 Å². The van der Waals surface area contributed by atoms with Crippen LogP contribution in [0.25, 0.3) is 0 Å². The van der Waals surface area contributed by atoms with Gasteiger partial charge in [-0.1, -0.05) is 13.3 Å². The highest BCUT2D eigenvalue weighted by Gasteiger charge is 2.17. The Morgan fingerprint density at radius 2 is 1.67 bits per heavy atom. The lowest BCUT2D eigenvalue weighted by molar-refractivity contribution is 0.134. The minimum atomic E-state index is -0.545. The van der Waals surface area contributed by atoms with Gasteiger partial charge in [0.1, 0.15) is 11.5 Å². The molecule has 0 saturated carbocycles. The van der Waals surface area contributed by atoms with Crippen LogP contribution < -0.4 is 15.2 Å². The first kappa shape index (κ1) is 17.0. The molecule has 2 atom stereocenters. The molecular weight excluding hydrogens is 254 g/mol. The number of benzene rings is 1. The van der Waals surface area contributed by atoms with Crippen molar-refractivity contribution in [1.82, 2.24) is 0 Å². The summed E-state index contributed by atoms with van der Waals surface area (Å²) in [7, 11) is 3.18. The molecule has 0 aliphatic rings. The van der Waals surface area contributed by atoms with E-state index in [1.54, 1.807) is 20.3 Å². The molecule has 3 N–H and O–H groups in total. The fourth-order valence-electron chi connectivity index (χ4n) is 1.72. The number of ether oxygens (including phenoxy) is 2. The summed E-state index contributed by atoms with van der Waals surface area (Å²) in [4.78, 5) is 0. The van der Waals surface area contributed by atoms with Crippen molar-refractivity contribution in [2.24, 2.45) is 5.73 Å². The van der Waals surface area contributed by atoms with Crippen molar-refractivity contribution in [3.63, 3.8) is 0 Å². The van der Waals surface area contributed by atoms with Crippen molar-refractivity contribution >= 4 is 12.4 Å². The highest BCUT2D eigenvalue weighted by molar-refractivity contribution is 5.85. The second-order valence-corrected chi connectivity index (χ2v) is 4.03. The average molecular weight is 276 g/mol. The molecule has 1 aromatic rings. The fourth-order valence-corrected chi connectivity index (χ4v) is 1.72. The zero-order chi connectivity index (χ0) is 12.8. The second-order valence-electron chi connectivity index (χ2n) is 4.03. The molecule has 0 bridgehead atoms. The normalized spacial score (nSPS) is 13.4. The third kappa shape index (κ3) is 4.37. The summed E-state index contributed by atoms with van der Waals surface area (Å²) < 4.78 is 10.3. The molecule has 0 saturated heterocycles. The summed E-state index contributed by atoms with van der Waals surface area (Å²) in [5.74, 6) is 1.36. The SMILES string of the molecule is CCC[C@@H](O)[C@@H](N)c1cc(OC)cc(OC)c1.Cl. The Balaban J connectivity index is 0.00000289. The van der Waals surface area contributed by atoms with E-state index < -0.39 is 12.1 Å². The number of hydrogen-bond acceptors (Lipinski definition) is 4. The molecule has 1 aromatic carbocycles. The van der Waals surface area contributed by atoms with Crippen molar-refractivity contribution in [3.8, 4) is 11.5 Å². The quantitative estimate of drug-likeness (QED) is 0.836. The number of aliphatic hydroxyl groups is 1. The number of halogens is 1. The van der Waals surface area contributed by atoms with Crippen LogP contribution in [0.2, 0.25) is 0 Å². The molecule has 0 aliphatic heterocycles. The highest BCUT2D eigenvalue weighted by Crippen LogP contribution is 2.27. The Hall–Kier alpha value is -0.970. The molecule has 0 amide bonds. The van der Waals surface area contributed by atoms with E-state index in [-0.39, 0.29) is 12.4 Å². The molecule has 4 nitrogen and oxygen atoms in total. The molecule has 104 valence electrons. The molecule has 18 heavy (non-hydrogen) atoms. The minimum absolute atomic E-state index is 0. The summed E-state index contributed by atoms with van der Waals surface area (Å²) >= 11 is 0. The molecule has 5 heteroatoms. The van der Waals surface area contributed by atoms with E-state index in [2.05, 4.69) is 0 Å². The van der Waals surface area contributed by atoms with Crippen LogP contribution in [-0.4, -0.2) is 25.4 Å². The molecule has 0 aliphatic carbocycles. The first-order valence-electron chi connectivity index (χ1n) is 5.79. The molecule has 0 heterocycles. The van der Waals surface area contributed by atoms with Gasteiger partial charge in [0.2, 0.25) is 0 Å². The Morgan fingerprint density at radius 3 is 2.06 bits per heavy atom. The van der Waals surface area contributed by atoms with Crippen molar-refractivity contribution in [2.45, 2.75) is 31.9 Å². The maximum atomic E-state index is 9.89. The van der Waals surface area contributed by atoms with Gasteiger partial charge in [0, 0.05) is 6.07 Å². The third-order valence-electron chi connectivity index (χ3n) is 2.76. The van der Waals surface area contributed by atoms with Crippen molar-refractivity contribution in [1.29, 1.82) is 0 Å². The second kappa shape index (κ2) is 8.19. The van der Waals surface area contributed by atoms with E-state index in [1.807, 2.05) is 19.1 Å². The van der Waals surface area contributed by atoms with Gasteiger partial charge >= 0.3 is 0 Å². The van der Waals surface area contributed by atoms with Gasteiger partial charge < -0.3 is 20.3 Å². The maximum absolute atomic E-state index is 9.89. The summed E-state index contributed by atoms with van der Waals surface area (Å²) in [6.07, 6.45) is 1.04. The van der Waals surface area contributed by atoms with Gasteiger partial charge in [0.25, 0.3) is 0 Å². The average Bonchev–Trinajstić information content (AvgIpc) is 2.37. The summed E-state index contributed by atoms with van der Waals surface area (Å²) in [6.45, 7) is 2.02. The van der Waals surface area contributed by atoms with Crippen molar-refractivity contribution in [3.05, 3.63) is 23.8 Å². The van der Waals surface area contributed by atoms with E-state index in [0.717, 1.165) is 12.0 Å². The first-order valence-corrected chi connectivity index (χ1v) is 5.79. The van der Waals surface area contributed by atoms with Gasteiger partial charge in [-0.2, -0.15) is 0 Å². The van der Waals surface area contributed by atoms with Gasteiger partial charge in [-0.15, -0.1) is 12.4 Å². The van der Waals surface area contributed by atoms with Gasteiger partial charge in [0.15, 0.2) is 0 Å². The largest absolute Gasteiger partial charge is 0.497 e. The highest BCUT2D eigenvalue weighted by atomic mass is 35.5. The van der Waals surface area contributed by atoms with Gasteiger partial charge in [-0.05, 0) is 24.1 Å².